The van der Waals surface area contributed by atoms with E-state index in [0.717, 1.165) is 0 Å². The molecule has 68 heavy (non-hydrogen) atoms. The maximum atomic E-state index is 2.56. The highest BCUT2D eigenvalue weighted by molar-refractivity contribution is 7.15. The number of thiophene rings is 2. The third-order valence-electron chi connectivity index (χ3n) is 15.1. The predicted octanol–water partition coefficient (Wildman–Crippen LogP) is 14.3. The van der Waals surface area contributed by atoms with E-state index in [9.17, 15) is 0 Å². The Kier molecular flexibility index (Phi) is 10.5. The highest BCUT2D eigenvalue weighted by atomic mass is 32.1. The van der Waals surface area contributed by atoms with Crippen LogP contribution in [-0.2, 0) is 21.7 Å². The van der Waals surface area contributed by atoms with Gasteiger partial charge in [-0.25, -0.2) is 0 Å². The van der Waals surface area contributed by atoms with E-state index in [2.05, 4.69) is 239 Å². The molecule has 0 bridgehead atoms. The van der Waals surface area contributed by atoms with Gasteiger partial charge in [0, 0.05) is 20.9 Å². The Morgan fingerprint density at radius 2 is 0.559 bits per heavy atom. The van der Waals surface area contributed by atoms with Crippen molar-refractivity contribution in [2.24, 2.45) is 0 Å². The summed E-state index contributed by atoms with van der Waals surface area (Å²) in [6.45, 7) is 28.3. The average molecular weight is 917 g/mol. The molecule has 0 radical (unpaired) electrons. The quantitative estimate of drug-likeness (QED) is 0.122. The maximum absolute atomic E-state index is 2.56. The van der Waals surface area contributed by atoms with Crippen LogP contribution in [0.2, 0.25) is 0 Å². The molecule has 0 N–H and O–H groups in total. The van der Waals surface area contributed by atoms with Crippen LogP contribution in [0.15, 0.2) is 156 Å². The minimum Gasteiger partial charge on any atom is -0.144 e. The fraction of sp³-hybridized carbons (Fsp3) is 0.250. The first kappa shape index (κ1) is 44.8. The predicted molar refractivity (Wildman–Crippen MR) is 307 cm³/mol. The molecule has 11 rings (SSSR count). The van der Waals surface area contributed by atoms with Gasteiger partial charge in [-0.3, -0.25) is 0 Å². The van der Waals surface area contributed by atoms with Gasteiger partial charge in [0.25, 0.3) is 0 Å². The smallest absolute Gasteiger partial charge is 0.144 e. The maximum Gasteiger partial charge on any atom is 0.241 e. The van der Waals surface area contributed by atoms with Crippen LogP contribution in [0.1, 0.15) is 105 Å². The molecule has 1 aliphatic rings. The van der Waals surface area contributed by atoms with Crippen LogP contribution >= 0.6 is 22.7 Å². The second-order valence-corrected chi connectivity index (χ2v) is 25.6. The second-order valence-electron chi connectivity index (χ2n) is 23.7. The number of fused-ring (bicyclic) bond motifs is 6. The number of benzene rings is 8. The van der Waals surface area contributed by atoms with Crippen molar-refractivity contribution in [3.05, 3.63) is 179 Å². The number of hydrogen-bond acceptors (Lipinski definition) is 2. The molecule has 336 valence electrons. The largest absolute Gasteiger partial charge is 0.241 e. The summed E-state index contributed by atoms with van der Waals surface area (Å²) in [5, 5.41) is 15.2. The van der Waals surface area contributed by atoms with Crippen LogP contribution in [0.5, 0.6) is 0 Å². The number of rotatable bonds is 4. The molecule has 4 heteroatoms. The topological polar surface area (TPSA) is 0 Å². The Bertz CT molecular complexity index is 3160. The third-order valence-corrected chi connectivity index (χ3v) is 16.9. The van der Waals surface area contributed by atoms with Crippen molar-refractivity contribution >= 4 is 112 Å². The molecule has 3 heterocycles. The summed E-state index contributed by atoms with van der Waals surface area (Å²) in [4.78, 5) is 2.63. The molecular weight excluding hydrogens is 854 g/mol. The zero-order valence-corrected chi connectivity index (χ0v) is 43.6. The highest BCUT2D eigenvalue weighted by Crippen LogP contribution is 2.43. The molecule has 1 aliphatic heterocycles. The molecule has 8 aromatic carbocycles. The lowest BCUT2D eigenvalue weighted by molar-refractivity contribution is 0.590. The Labute approximate surface area is 413 Å². The molecule has 0 atom stereocenters. The normalized spacial score (nSPS) is 13.5. The lowest BCUT2D eigenvalue weighted by Crippen LogP contribution is -2.75. The fourth-order valence-corrected chi connectivity index (χ4v) is 13.0. The lowest BCUT2D eigenvalue weighted by atomic mass is 9.20. The first-order valence-corrected chi connectivity index (χ1v) is 26.4. The van der Waals surface area contributed by atoms with E-state index in [4.69, 9.17) is 0 Å². The fourth-order valence-electron chi connectivity index (χ4n) is 11.4. The molecular formula is C64H62B2S2. The first-order valence-electron chi connectivity index (χ1n) is 24.6. The molecule has 0 aliphatic carbocycles. The SMILES string of the molecule is CC(C)(C)c1ccc2c(-c3cccs3)c3ccc(C(C)(C)C)cc3c(B3c4ccccc4B(c4c5cc(C(C)(C)C)ccc5c(-c5cccs5)c5ccc(C(C)(C)C)cc45)c4ccccc43)c2c1. The van der Waals surface area contributed by atoms with Crippen LogP contribution in [0.3, 0.4) is 0 Å². The second kappa shape index (κ2) is 15.9. The van der Waals surface area contributed by atoms with Gasteiger partial charge >= 0.3 is 0 Å². The van der Waals surface area contributed by atoms with E-state index in [1.807, 2.05) is 22.7 Å². The molecule has 10 aromatic rings. The summed E-state index contributed by atoms with van der Waals surface area (Å²) in [6, 6.07) is 57.8. The highest BCUT2D eigenvalue weighted by Gasteiger charge is 2.42. The summed E-state index contributed by atoms with van der Waals surface area (Å²) in [7, 11) is 0. The van der Waals surface area contributed by atoms with Crippen molar-refractivity contribution in [1.29, 1.82) is 0 Å². The van der Waals surface area contributed by atoms with Gasteiger partial charge in [0.1, 0.15) is 0 Å². The van der Waals surface area contributed by atoms with Gasteiger partial charge in [-0.15, -0.1) is 22.7 Å². The van der Waals surface area contributed by atoms with Gasteiger partial charge in [0.05, 0.1) is 0 Å². The molecule has 0 saturated heterocycles. The lowest BCUT2D eigenvalue weighted by Gasteiger charge is -2.35. The Morgan fingerprint density at radius 3 is 0.779 bits per heavy atom. The molecule has 0 spiro atoms. The average Bonchev–Trinajstić information content (AvgIpc) is 4.04. The summed E-state index contributed by atoms with van der Waals surface area (Å²) in [5.74, 6) is 0. The van der Waals surface area contributed by atoms with Crippen LogP contribution < -0.4 is 32.8 Å². The van der Waals surface area contributed by atoms with E-state index in [1.165, 1.54) is 119 Å². The Hall–Kier alpha value is -5.67. The Balaban J connectivity index is 1.31. The molecule has 0 amide bonds. The molecule has 0 fully saturated rings. The Morgan fingerprint density at radius 1 is 0.294 bits per heavy atom. The van der Waals surface area contributed by atoms with Crippen LogP contribution in [0, 0.1) is 0 Å². The van der Waals surface area contributed by atoms with Gasteiger partial charge in [-0.1, -0.05) is 249 Å². The minimum atomic E-state index is -0.0283. The van der Waals surface area contributed by atoms with Crippen LogP contribution in [0.25, 0.3) is 64.0 Å². The van der Waals surface area contributed by atoms with Gasteiger partial charge in [0.15, 0.2) is 0 Å². The van der Waals surface area contributed by atoms with E-state index in [1.54, 1.807) is 0 Å². The zero-order chi connectivity index (χ0) is 47.7. The summed E-state index contributed by atoms with van der Waals surface area (Å²) in [6.07, 6.45) is 0. The van der Waals surface area contributed by atoms with Crippen LogP contribution in [0.4, 0.5) is 0 Å². The summed E-state index contributed by atoms with van der Waals surface area (Å²) < 4.78 is 0. The molecule has 0 unspecified atom stereocenters. The summed E-state index contributed by atoms with van der Waals surface area (Å²) >= 11 is 3.70. The summed E-state index contributed by atoms with van der Waals surface area (Å²) in [5.41, 5.74) is 16.4. The van der Waals surface area contributed by atoms with Crippen LogP contribution in [-0.4, -0.2) is 13.4 Å². The van der Waals surface area contributed by atoms with Gasteiger partial charge < -0.3 is 0 Å². The molecule has 0 saturated carbocycles. The molecule has 0 nitrogen and oxygen atoms in total. The van der Waals surface area contributed by atoms with E-state index < -0.39 is 0 Å². The van der Waals surface area contributed by atoms with Gasteiger partial charge in [0.2, 0.25) is 13.4 Å². The van der Waals surface area contributed by atoms with Crippen molar-refractivity contribution in [1.82, 2.24) is 0 Å². The first-order chi connectivity index (χ1) is 32.3. The number of hydrogen-bond donors (Lipinski definition) is 0. The monoisotopic (exact) mass is 916 g/mol. The zero-order valence-electron chi connectivity index (χ0n) is 42.0. The third kappa shape index (κ3) is 7.32. The van der Waals surface area contributed by atoms with E-state index in [-0.39, 0.29) is 35.1 Å². The van der Waals surface area contributed by atoms with E-state index >= 15 is 0 Å². The van der Waals surface area contributed by atoms with Crippen molar-refractivity contribution in [3.8, 4) is 20.9 Å². The van der Waals surface area contributed by atoms with E-state index in [0.29, 0.717) is 0 Å². The van der Waals surface area contributed by atoms with Crippen molar-refractivity contribution in [2.75, 3.05) is 0 Å². The van der Waals surface area contributed by atoms with Gasteiger partial charge in [-0.05, 0) is 110 Å². The van der Waals surface area contributed by atoms with Crippen molar-refractivity contribution in [3.63, 3.8) is 0 Å². The standard InChI is InChI=1S/C64H62B2S2/c1-61(2,3)39-25-29-43-47(35-39)59(48-36-40(62(4,5)6)26-30-44(48)57(43)55-23-17-33-67-55)65-51-19-13-15-21-53(51)66(54-22-16-14-20-52(54)65)60-49-37-41(63(7,8)9)27-31-45(49)58(56-24-18-34-68-56)46-32-28-42(38-50(46)60)64(10,11)12/h13-38H,1-12H3. The van der Waals surface area contributed by atoms with Crippen molar-refractivity contribution < 1.29 is 0 Å². The van der Waals surface area contributed by atoms with Crippen molar-refractivity contribution in [2.45, 2.75) is 105 Å². The van der Waals surface area contributed by atoms with Gasteiger partial charge in [-0.2, -0.15) is 0 Å². The minimum absolute atomic E-state index is 0.00957. The molecule has 2 aromatic heterocycles.